The molecule has 0 aliphatic rings. The smallest absolute Gasteiger partial charge is 0.129 e. The van der Waals surface area contributed by atoms with Gasteiger partial charge in [-0.15, -0.1) is 0 Å². The summed E-state index contributed by atoms with van der Waals surface area (Å²) in [6.45, 7) is 4.16. The Balaban J connectivity index is 2.03. The van der Waals surface area contributed by atoms with Crippen molar-refractivity contribution >= 4 is 0 Å². The van der Waals surface area contributed by atoms with Gasteiger partial charge in [0.25, 0.3) is 0 Å². The maximum Gasteiger partial charge on any atom is 0.129 e. The van der Waals surface area contributed by atoms with Crippen molar-refractivity contribution in [2.75, 3.05) is 19.7 Å². The number of furan rings is 1. The molecule has 0 aromatic carbocycles. The molecule has 0 unspecified atom stereocenters. The van der Waals surface area contributed by atoms with Gasteiger partial charge >= 0.3 is 0 Å². The van der Waals surface area contributed by atoms with Crippen LogP contribution in [0.3, 0.4) is 0 Å². The molecule has 1 aromatic heterocycles. The summed E-state index contributed by atoms with van der Waals surface area (Å²) in [7, 11) is 0. The number of ether oxygens (including phenoxy) is 1. The summed E-state index contributed by atoms with van der Waals surface area (Å²) in [5.41, 5.74) is 0. The molecule has 0 radical (unpaired) electrons. The number of hydrogen-bond donors (Lipinski definition) is 2. The standard InChI is InChI=1S/C10H17NO3/c1-2-11-6-9(12)7-13-8-10-4-3-5-14-10/h3-5,9,11-12H,2,6-8H2,1H3/t9-/m1/s1. The van der Waals surface area contributed by atoms with Crippen LogP contribution in [0.4, 0.5) is 0 Å². The highest BCUT2D eigenvalue weighted by Crippen LogP contribution is 2.01. The van der Waals surface area contributed by atoms with Crippen molar-refractivity contribution in [1.82, 2.24) is 5.32 Å². The topological polar surface area (TPSA) is 54.6 Å². The fraction of sp³-hybridized carbons (Fsp3) is 0.600. The van der Waals surface area contributed by atoms with Gasteiger partial charge < -0.3 is 19.6 Å². The van der Waals surface area contributed by atoms with Crippen LogP contribution >= 0.6 is 0 Å². The SMILES string of the molecule is CCNC[C@@H](O)COCc1ccco1. The van der Waals surface area contributed by atoms with Crippen molar-refractivity contribution in [2.45, 2.75) is 19.6 Å². The lowest BCUT2D eigenvalue weighted by Crippen LogP contribution is -2.30. The third-order valence-electron chi connectivity index (χ3n) is 1.76. The van der Waals surface area contributed by atoms with Crippen LogP contribution in [0.1, 0.15) is 12.7 Å². The fourth-order valence-corrected chi connectivity index (χ4v) is 1.06. The van der Waals surface area contributed by atoms with Crippen molar-refractivity contribution in [2.24, 2.45) is 0 Å². The first-order valence-corrected chi connectivity index (χ1v) is 4.81. The zero-order chi connectivity index (χ0) is 10.2. The van der Waals surface area contributed by atoms with Gasteiger partial charge in [-0.1, -0.05) is 6.92 Å². The van der Waals surface area contributed by atoms with Gasteiger partial charge in [0, 0.05) is 6.54 Å². The Labute approximate surface area is 83.9 Å². The number of nitrogens with one attached hydrogen (secondary N) is 1. The predicted octanol–water partition coefficient (Wildman–Crippen LogP) is 0.767. The number of hydrogen-bond acceptors (Lipinski definition) is 4. The second kappa shape index (κ2) is 6.59. The summed E-state index contributed by atoms with van der Waals surface area (Å²) in [5, 5.41) is 12.4. The number of rotatable bonds is 7. The highest BCUT2D eigenvalue weighted by Gasteiger charge is 2.03. The highest BCUT2D eigenvalue weighted by atomic mass is 16.5. The van der Waals surface area contributed by atoms with Crippen molar-refractivity contribution in [3.63, 3.8) is 0 Å². The Hall–Kier alpha value is -0.840. The largest absolute Gasteiger partial charge is 0.467 e. The van der Waals surface area contributed by atoms with E-state index in [1.807, 2.05) is 19.1 Å². The van der Waals surface area contributed by atoms with E-state index in [9.17, 15) is 5.11 Å². The van der Waals surface area contributed by atoms with Gasteiger partial charge in [-0.3, -0.25) is 0 Å². The maximum absolute atomic E-state index is 9.39. The van der Waals surface area contributed by atoms with Crippen LogP contribution < -0.4 is 5.32 Å². The number of likely N-dealkylation sites (N-methyl/N-ethyl adjacent to an activating group) is 1. The molecular weight excluding hydrogens is 182 g/mol. The second-order valence-corrected chi connectivity index (χ2v) is 3.06. The molecule has 14 heavy (non-hydrogen) atoms. The van der Waals surface area contributed by atoms with Crippen molar-refractivity contribution in [1.29, 1.82) is 0 Å². The molecule has 4 heteroatoms. The molecule has 1 rings (SSSR count). The van der Waals surface area contributed by atoms with Crippen LogP contribution in [0.15, 0.2) is 22.8 Å². The third-order valence-corrected chi connectivity index (χ3v) is 1.76. The molecule has 0 aliphatic heterocycles. The van der Waals surface area contributed by atoms with Gasteiger partial charge in [0.2, 0.25) is 0 Å². The molecule has 1 heterocycles. The van der Waals surface area contributed by atoms with Crippen molar-refractivity contribution in [3.05, 3.63) is 24.2 Å². The number of aliphatic hydroxyl groups is 1. The van der Waals surface area contributed by atoms with E-state index in [0.29, 0.717) is 19.8 Å². The van der Waals surface area contributed by atoms with E-state index >= 15 is 0 Å². The van der Waals surface area contributed by atoms with E-state index < -0.39 is 6.10 Å². The van der Waals surface area contributed by atoms with Crippen LogP contribution in [0.25, 0.3) is 0 Å². The van der Waals surface area contributed by atoms with Gasteiger partial charge in [0.1, 0.15) is 12.4 Å². The van der Waals surface area contributed by atoms with Gasteiger partial charge in [0.15, 0.2) is 0 Å². The molecule has 0 saturated carbocycles. The lowest BCUT2D eigenvalue weighted by atomic mass is 10.4. The fourth-order valence-electron chi connectivity index (χ4n) is 1.06. The van der Waals surface area contributed by atoms with E-state index in [-0.39, 0.29) is 0 Å². The van der Waals surface area contributed by atoms with E-state index in [4.69, 9.17) is 9.15 Å². The van der Waals surface area contributed by atoms with Gasteiger partial charge in [-0.2, -0.15) is 0 Å². The molecule has 0 bridgehead atoms. The first-order chi connectivity index (χ1) is 6.83. The molecule has 0 aliphatic carbocycles. The Morgan fingerprint density at radius 1 is 1.64 bits per heavy atom. The quantitative estimate of drug-likeness (QED) is 0.681. The average molecular weight is 199 g/mol. The Morgan fingerprint density at radius 3 is 3.14 bits per heavy atom. The minimum absolute atomic E-state index is 0.327. The van der Waals surface area contributed by atoms with Crippen molar-refractivity contribution in [3.8, 4) is 0 Å². The Morgan fingerprint density at radius 2 is 2.50 bits per heavy atom. The first kappa shape index (κ1) is 11.2. The molecule has 0 saturated heterocycles. The summed E-state index contributed by atoms with van der Waals surface area (Å²) in [6, 6.07) is 3.66. The summed E-state index contributed by atoms with van der Waals surface area (Å²) < 4.78 is 10.3. The zero-order valence-electron chi connectivity index (χ0n) is 8.40. The van der Waals surface area contributed by atoms with E-state index in [2.05, 4.69) is 5.32 Å². The van der Waals surface area contributed by atoms with Crippen LogP contribution in [-0.2, 0) is 11.3 Å². The molecule has 80 valence electrons. The maximum atomic E-state index is 9.39. The lowest BCUT2D eigenvalue weighted by molar-refractivity contribution is 0.0229. The normalized spacial score (nSPS) is 13.0. The number of aliphatic hydroxyl groups excluding tert-OH is 1. The zero-order valence-corrected chi connectivity index (χ0v) is 8.40. The van der Waals surface area contributed by atoms with Crippen LogP contribution in [0.5, 0.6) is 0 Å². The minimum Gasteiger partial charge on any atom is -0.467 e. The lowest BCUT2D eigenvalue weighted by Gasteiger charge is -2.10. The van der Waals surface area contributed by atoms with Crippen LogP contribution in [0.2, 0.25) is 0 Å². The van der Waals surface area contributed by atoms with Crippen LogP contribution in [-0.4, -0.2) is 30.9 Å². The van der Waals surface area contributed by atoms with Gasteiger partial charge in [0.05, 0.1) is 19.0 Å². The van der Waals surface area contributed by atoms with Crippen molar-refractivity contribution < 1.29 is 14.3 Å². The highest BCUT2D eigenvalue weighted by molar-refractivity contribution is 4.96. The van der Waals surface area contributed by atoms with E-state index in [1.54, 1.807) is 6.26 Å². The molecule has 1 aromatic rings. The third kappa shape index (κ3) is 4.41. The molecule has 1 atom stereocenters. The molecule has 0 amide bonds. The van der Waals surface area contributed by atoms with E-state index in [0.717, 1.165) is 12.3 Å². The first-order valence-electron chi connectivity index (χ1n) is 4.81. The molecule has 0 fully saturated rings. The second-order valence-electron chi connectivity index (χ2n) is 3.06. The summed E-state index contributed by atoms with van der Waals surface area (Å²) in [6.07, 6.45) is 1.15. The molecule has 2 N–H and O–H groups in total. The average Bonchev–Trinajstić information content (AvgIpc) is 2.67. The van der Waals surface area contributed by atoms with Gasteiger partial charge in [-0.25, -0.2) is 0 Å². The monoisotopic (exact) mass is 199 g/mol. The molecule has 4 nitrogen and oxygen atoms in total. The summed E-state index contributed by atoms with van der Waals surface area (Å²) >= 11 is 0. The Bertz CT molecular complexity index is 223. The summed E-state index contributed by atoms with van der Waals surface area (Å²) in [5.74, 6) is 0.778. The molecular formula is C10H17NO3. The predicted molar refractivity (Wildman–Crippen MR) is 52.9 cm³/mol. The molecule has 0 spiro atoms. The Kier molecular flexibility index (Phi) is 5.29. The van der Waals surface area contributed by atoms with Crippen LogP contribution in [0, 0.1) is 0 Å². The van der Waals surface area contributed by atoms with E-state index in [1.165, 1.54) is 0 Å². The summed E-state index contributed by atoms with van der Waals surface area (Å²) in [4.78, 5) is 0. The van der Waals surface area contributed by atoms with Gasteiger partial charge in [-0.05, 0) is 18.7 Å². The minimum atomic E-state index is -0.454.